The van der Waals surface area contributed by atoms with E-state index >= 15 is 0 Å². The molecule has 0 spiro atoms. The van der Waals surface area contributed by atoms with Crippen LogP contribution in [0.5, 0.6) is 0 Å². The Morgan fingerprint density at radius 2 is 0.682 bits per heavy atom. The van der Waals surface area contributed by atoms with Gasteiger partial charge in [-0.25, -0.2) is 0 Å². The normalized spacial score (nSPS) is 61.1. The molecule has 8 bridgehead atoms. The van der Waals surface area contributed by atoms with Crippen molar-refractivity contribution < 1.29 is 18.9 Å². The quantitative estimate of drug-likeness (QED) is 0.543. The van der Waals surface area contributed by atoms with Gasteiger partial charge in [-0.2, -0.15) is 10.3 Å². The minimum atomic E-state index is 0. The van der Waals surface area contributed by atoms with E-state index in [-0.39, 0.29) is 18.9 Å². The van der Waals surface area contributed by atoms with E-state index in [0.29, 0.717) is 0 Å². The van der Waals surface area contributed by atoms with Crippen LogP contribution in [0, 0.1) is 35.5 Å². The number of rotatable bonds is 2. The molecule has 8 saturated carbocycles. The van der Waals surface area contributed by atoms with Gasteiger partial charge in [0.2, 0.25) is 0 Å². The third kappa shape index (κ3) is 2.26. The SMILES string of the molecule is C1C2CC3CC1CC([P-]C14CC5CC(CC(C5)C1)C4)(C2)C3.[Li+]. The predicted octanol–water partition coefficient (Wildman–Crippen LogP) is 2.87. The molecular weight excluding hydrogens is 278 g/mol. The maximum absolute atomic E-state index is 2.00. The monoisotopic (exact) mass is 308 g/mol. The van der Waals surface area contributed by atoms with E-state index in [1.54, 1.807) is 77.0 Å². The first-order chi connectivity index (χ1) is 10.2. The summed E-state index contributed by atoms with van der Waals surface area (Å²) in [4.78, 5) is 0. The molecule has 0 saturated heterocycles. The molecule has 2 heteroatoms. The van der Waals surface area contributed by atoms with Gasteiger partial charge in [0.15, 0.2) is 0 Å². The van der Waals surface area contributed by atoms with Crippen molar-refractivity contribution in [3.05, 3.63) is 0 Å². The first-order valence-corrected chi connectivity index (χ1v) is 10.8. The molecular formula is C20H30LiP. The third-order valence-corrected chi connectivity index (χ3v) is 10.5. The number of hydrogen-bond donors (Lipinski definition) is 0. The fourth-order valence-electron chi connectivity index (χ4n) is 8.91. The molecule has 0 radical (unpaired) electrons. The van der Waals surface area contributed by atoms with Gasteiger partial charge in [-0.05, 0) is 74.0 Å². The second kappa shape index (κ2) is 5.02. The molecule has 0 atom stereocenters. The molecule has 0 heterocycles. The molecule has 8 rings (SSSR count). The Kier molecular flexibility index (Phi) is 3.49. The maximum atomic E-state index is 2.00. The molecule has 0 aromatic carbocycles. The summed E-state index contributed by atoms with van der Waals surface area (Å²) >= 11 is 0. The molecule has 0 nitrogen and oxygen atoms in total. The van der Waals surface area contributed by atoms with Crippen LogP contribution in [-0.2, 0) is 0 Å². The topological polar surface area (TPSA) is 0 Å². The zero-order valence-electron chi connectivity index (χ0n) is 14.4. The van der Waals surface area contributed by atoms with E-state index in [1.807, 2.05) is 8.58 Å². The fraction of sp³-hybridized carbons (Fsp3) is 1.00. The van der Waals surface area contributed by atoms with Gasteiger partial charge in [0.1, 0.15) is 0 Å². The second-order valence-electron chi connectivity index (χ2n) is 10.4. The van der Waals surface area contributed by atoms with E-state index in [4.69, 9.17) is 0 Å². The Labute approximate surface area is 150 Å². The molecule has 0 aliphatic heterocycles. The van der Waals surface area contributed by atoms with Crippen molar-refractivity contribution in [3.63, 3.8) is 0 Å². The minimum absolute atomic E-state index is 0. The van der Waals surface area contributed by atoms with Crippen LogP contribution in [0.15, 0.2) is 0 Å². The summed E-state index contributed by atoms with van der Waals surface area (Å²) in [5.74, 6) is 6.90. The van der Waals surface area contributed by atoms with Gasteiger partial charge in [0.05, 0.1) is 0 Å². The van der Waals surface area contributed by atoms with Gasteiger partial charge in [0.25, 0.3) is 0 Å². The first kappa shape index (κ1) is 15.3. The van der Waals surface area contributed by atoms with Crippen molar-refractivity contribution in [2.75, 3.05) is 0 Å². The smallest absolute Gasteiger partial charge is 0.526 e. The van der Waals surface area contributed by atoms with Crippen LogP contribution in [0.3, 0.4) is 0 Å². The van der Waals surface area contributed by atoms with Crippen molar-refractivity contribution >= 4 is 8.58 Å². The molecule has 116 valence electrons. The summed E-state index contributed by atoms with van der Waals surface area (Å²) in [5, 5.41) is 1.64. The van der Waals surface area contributed by atoms with Crippen molar-refractivity contribution in [1.29, 1.82) is 0 Å². The first-order valence-electron chi connectivity index (χ1n) is 9.92. The van der Waals surface area contributed by atoms with Crippen LogP contribution in [0.25, 0.3) is 0 Å². The Hall–Kier alpha value is 1.03. The molecule has 8 fully saturated rings. The van der Waals surface area contributed by atoms with Crippen LogP contribution in [0.4, 0.5) is 0 Å². The summed E-state index contributed by atoms with van der Waals surface area (Å²) in [6.07, 6.45) is 19.6. The largest absolute Gasteiger partial charge is 1.00 e. The van der Waals surface area contributed by atoms with Crippen LogP contribution in [-0.4, -0.2) is 10.3 Å². The Bertz CT molecular complexity index is 358. The van der Waals surface area contributed by atoms with Crippen molar-refractivity contribution in [1.82, 2.24) is 0 Å². The van der Waals surface area contributed by atoms with Crippen molar-refractivity contribution in [2.24, 2.45) is 35.5 Å². The summed E-state index contributed by atoms with van der Waals surface area (Å²) < 4.78 is 0. The molecule has 0 N–H and O–H groups in total. The van der Waals surface area contributed by atoms with E-state index in [9.17, 15) is 0 Å². The second-order valence-corrected chi connectivity index (χ2v) is 12.5. The Morgan fingerprint density at radius 3 is 0.909 bits per heavy atom. The third-order valence-electron chi connectivity index (χ3n) is 8.49. The standard InChI is InChI=1S/C20H30P.Li/c1-13-2-15-3-14(1)8-19(7-13,9-15)21-20-10-16-4-17(11-20)6-18(5-16)12-20;/h13-18H,1-12H2;/q-1;+1. The summed E-state index contributed by atoms with van der Waals surface area (Å²) in [6.45, 7) is 0. The minimum Gasteiger partial charge on any atom is -0.526 e. The van der Waals surface area contributed by atoms with Crippen molar-refractivity contribution in [3.8, 4) is 0 Å². The zero-order chi connectivity index (χ0) is 13.7. The van der Waals surface area contributed by atoms with Gasteiger partial charge in [-0.1, -0.05) is 38.5 Å². The Morgan fingerprint density at radius 1 is 0.455 bits per heavy atom. The van der Waals surface area contributed by atoms with Gasteiger partial charge < -0.3 is 8.58 Å². The maximum Gasteiger partial charge on any atom is 1.00 e. The molecule has 8 aliphatic rings. The molecule has 0 aromatic rings. The molecule has 8 aliphatic carbocycles. The van der Waals surface area contributed by atoms with Gasteiger partial charge in [-0.15, -0.1) is 0 Å². The van der Waals surface area contributed by atoms with E-state index in [0.717, 1.165) is 45.8 Å². The summed E-state index contributed by atoms with van der Waals surface area (Å²) in [5.41, 5.74) is 0. The molecule has 0 amide bonds. The molecule has 0 unspecified atom stereocenters. The van der Waals surface area contributed by atoms with Crippen LogP contribution in [0.2, 0.25) is 0 Å². The summed E-state index contributed by atoms with van der Waals surface area (Å²) in [7, 11) is 2.00. The van der Waals surface area contributed by atoms with Gasteiger partial charge in [0, 0.05) is 0 Å². The predicted molar refractivity (Wildman–Crippen MR) is 88.7 cm³/mol. The zero-order valence-corrected chi connectivity index (χ0v) is 15.3. The van der Waals surface area contributed by atoms with E-state index in [1.165, 1.54) is 0 Å². The average molecular weight is 308 g/mol. The van der Waals surface area contributed by atoms with Crippen molar-refractivity contribution in [2.45, 2.75) is 87.4 Å². The fourth-order valence-corrected chi connectivity index (χ4v) is 12.0. The molecule has 0 aromatic heterocycles. The van der Waals surface area contributed by atoms with Gasteiger partial charge in [-0.3, -0.25) is 0 Å². The average Bonchev–Trinajstić information content (AvgIpc) is 2.33. The molecule has 22 heavy (non-hydrogen) atoms. The summed E-state index contributed by atoms with van der Waals surface area (Å²) in [6, 6.07) is 0. The van der Waals surface area contributed by atoms with Crippen LogP contribution in [0.1, 0.15) is 77.0 Å². The number of hydrogen-bond acceptors (Lipinski definition) is 0. The van der Waals surface area contributed by atoms with Gasteiger partial charge >= 0.3 is 18.9 Å². The van der Waals surface area contributed by atoms with E-state index < -0.39 is 0 Å². The Balaban J connectivity index is 0.00000113. The van der Waals surface area contributed by atoms with Crippen LogP contribution < -0.4 is 18.9 Å². The van der Waals surface area contributed by atoms with Crippen LogP contribution >= 0.6 is 8.58 Å². The van der Waals surface area contributed by atoms with E-state index in [2.05, 4.69) is 0 Å².